The van der Waals surface area contributed by atoms with Crippen LogP contribution in [0.15, 0.2) is 41.3 Å². The Kier molecular flexibility index (Phi) is 7.87. The molecular formula is C29H31F3N6O4S2. The lowest BCUT2D eigenvalue weighted by molar-refractivity contribution is -0.0327. The Morgan fingerprint density at radius 3 is 2.73 bits per heavy atom. The van der Waals surface area contributed by atoms with Gasteiger partial charge in [-0.2, -0.15) is 18.3 Å². The molecule has 1 saturated carbocycles. The molecule has 2 aliphatic heterocycles. The fraction of sp³-hybridized carbons (Fsp3) is 0.448. The quantitative estimate of drug-likeness (QED) is 0.250. The van der Waals surface area contributed by atoms with Gasteiger partial charge in [-0.1, -0.05) is 12.0 Å². The van der Waals surface area contributed by atoms with Crippen molar-refractivity contribution in [1.82, 2.24) is 19.8 Å². The number of likely N-dealkylation sites (tertiary alicyclic amines) is 1. The maximum absolute atomic E-state index is 13.6. The minimum absolute atomic E-state index is 0.0103. The average Bonchev–Trinajstić information content (AvgIpc) is 3.58. The summed E-state index contributed by atoms with van der Waals surface area (Å²) in [5, 5.41) is 13.7. The summed E-state index contributed by atoms with van der Waals surface area (Å²) in [5.74, 6) is 7.16. The van der Waals surface area contributed by atoms with Gasteiger partial charge in [-0.3, -0.25) is 9.69 Å². The van der Waals surface area contributed by atoms with E-state index in [1.54, 1.807) is 36.4 Å². The number of fused-ring (bicyclic) bond motifs is 2. The molecule has 44 heavy (non-hydrogen) atoms. The van der Waals surface area contributed by atoms with E-state index in [1.165, 1.54) is 18.7 Å². The molecule has 0 spiro atoms. The number of amides is 1. The van der Waals surface area contributed by atoms with Crippen molar-refractivity contribution in [2.75, 3.05) is 55.9 Å². The number of nitrogens with zero attached hydrogens (tertiary/aromatic N) is 3. The fourth-order valence-electron chi connectivity index (χ4n) is 6.02. The Balaban J connectivity index is 1.20. The van der Waals surface area contributed by atoms with Crippen LogP contribution >= 0.6 is 11.8 Å². The highest BCUT2D eigenvalue weighted by molar-refractivity contribution is 8.00. The predicted octanol–water partition coefficient (Wildman–Crippen LogP) is 3.45. The van der Waals surface area contributed by atoms with Gasteiger partial charge in [-0.15, -0.1) is 0 Å². The number of nitrogens with one attached hydrogen (secondary N) is 3. The first-order chi connectivity index (χ1) is 20.9. The van der Waals surface area contributed by atoms with Crippen molar-refractivity contribution in [3.05, 3.63) is 47.7 Å². The number of pyridine rings is 1. The summed E-state index contributed by atoms with van der Waals surface area (Å²) in [5.41, 5.74) is -3.44. The molecule has 0 bridgehead atoms. The number of carbonyl (C=O) groups is 1. The first-order valence-electron chi connectivity index (χ1n) is 14.0. The maximum Gasteiger partial charge on any atom is 0.446 e. The van der Waals surface area contributed by atoms with Gasteiger partial charge in [0.15, 0.2) is 9.84 Å². The molecule has 3 fully saturated rings. The van der Waals surface area contributed by atoms with Gasteiger partial charge in [-0.25, -0.2) is 12.9 Å². The molecule has 1 aromatic carbocycles. The molecule has 1 unspecified atom stereocenters. The van der Waals surface area contributed by atoms with E-state index in [4.69, 9.17) is 4.74 Å². The molecular weight excluding hydrogens is 617 g/mol. The number of halogens is 3. The molecule has 4 heterocycles. The molecule has 3 aliphatic rings. The third kappa shape index (κ3) is 6.15. The van der Waals surface area contributed by atoms with Gasteiger partial charge < -0.3 is 20.7 Å². The monoisotopic (exact) mass is 648 g/mol. The number of rotatable bonds is 8. The topological polar surface area (TPSA) is 117 Å². The standard InChI is InChI=1S/C29H31F3N6O4S2/c1-33-27(39)18-8-9-21(24(13-18)42-2)34-11-4-5-22-26(43-29(30,31)32)23-6-3-7-25(38(23)36-22)35-28-10-12-37(15-19(28)14-28)20-16-44(40,41)17-20/h3,6-9,13,19-20,34-35H,10-12,14-17H2,1-2H3,(H,33,39)/t19-,28?/m0/s1. The zero-order valence-corrected chi connectivity index (χ0v) is 25.6. The summed E-state index contributed by atoms with van der Waals surface area (Å²) in [6.45, 7) is 1.64. The van der Waals surface area contributed by atoms with Crippen molar-refractivity contribution >= 4 is 44.5 Å². The van der Waals surface area contributed by atoms with Crippen molar-refractivity contribution in [2.24, 2.45) is 5.92 Å². The predicted molar refractivity (Wildman–Crippen MR) is 162 cm³/mol. The van der Waals surface area contributed by atoms with Gasteiger partial charge in [0.1, 0.15) is 17.3 Å². The van der Waals surface area contributed by atoms with Gasteiger partial charge in [0.2, 0.25) is 0 Å². The molecule has 6 rings (SSSR count). The van der Waals surface area contributed by atoms with Gasteiger partial charge >= 0.3 is 5.51 Å². The van der Waals surface area contributed by atoms with Crippen LogP contribution in [-0.4, -0.2) is 91.2 Å². The number of hydrogen-bond donors (Lipinski definition) is 3. The number of ether oxygens (including phenoxy) is 1. The van der Waals surface area contributed by atoms with Crippen LogP contribution in [0.2, 0.25) is 0 Å². The highest BCUT2D eigenvalue weighted by Crippen LogP contribution is 2.52. The zero-order valence-electron chi connectivity index (χ0n) is 24.0. The van der Waals surface area contributed by atoms with Crippen LogP contribution in [-0.2, 0) is 9.84 Å². The average molecular weight is 649 g/mol. The molecule has 2 saturated heterocycles. The van der Waals surface area contributed by atoms with Crippen molar-refractivity contribution in [2.45, 2.75) is 34.8 Å². The number of methoxy groups -OCH3 is 1. The fourth-order valence-corrected chi connectivity index (χ4v) is 8.20. The lowest BCUT2D eigenvalue weighted by Gasteiger charge is -2.41. The SMILES string of the molecule is CNC(=O)c1ccc(NCC#Cc2nn3c(NC45CCN(C6CS(=O)(=O)C6)C[C@@H]4C5)cccc3c2SC(F)(F)F)c(OC)c1. The molecule has 2 atom stereocenters. The van der Waals surface area contributed by atoms with Crippen LogP contribution in [0.1, 0.15) is 28.9 Å². The number of piperidine rings is 1. The molecule has 3 N–H and O–H groups in total. The van der Waals surface area contributed by atoms with Gasteiger partial charge in [0.25, 0.3) is 5.91 Å². The van der Waals surface area contributed by atoms with Gasteiger partial charge in [-0.05, 0) is 66.8 Å². The smallest absolute Gasteiger partial charge is 0.446 e. The molecule has 10 nitrogen and oxygen atoms in total. The third-order valence-electron chi connectivity index (χ3n) is 8.41. The molecule has 234 valence electrons. The maximum atomic E-state index is 13.6. The molecule has 1 amide bonds. The summed E-state index contributed by atoms with van der Waals surface area (Å²) in [6, 6.07) is 10.0. The number of thioether (sulfide) groups is 1. The number of alkyl halides is 3. The summed E-state index contributed by atoms with van der Waals surface area (Å²) in [6.07, 6.45) is 1.71. The Bertz CT molecular complexity index is 1770. The lowest BCUT2D eigenvalue weighted by atomic mass is 10.0. The van der Waals surface area contributed by atoms with E-state index >= 15 is 0 Å². The third-order valence-corrected chi connectivity index (χ3v) is 11.0. The van der Waals surface area contributed by atoms with Crippen LogP contribution in [0.4, 0.5) is 24.7 Å². The summed E-state index contributed by atoms with van der Waals surface area (Å²) < 4.78 is 71.0. The van der Waals surface area contributed by atoms with E-state index in [-0.39, 0.29) is 57.9 Å². The van der Waals surface area contributed by atoms with Crippen LogP contribution in [0.25, 0.3) is 5.52 Å². The van der Waals surface area contributed by atoms with Gasteiger partial charge in [0.05, 0.1) is 41.3 Å². The Labute approximate surface area is 257 Å². The minimum atomic E-state index is -4.54. The minimum Gasteiger partial charge on any atom is -0.495 e. The Morgan fingerprint density at radius 2 is 2.05 bits per heavy atom. The number of carbonyl (C=O) groups excluding carboxylic acids is 1. The molecule has 3 aromatic rings. The summed E-state index contributed by atoms with van der Waals surface area (Å²) >= 11 is -0.241. The number of benzene rings is 1. The van der Waals surface area contributed by atoms with E-state index in [0.717, 1.165) is 25.9 Å². The number of aromatic nitrogens is 2. The van der Waals surface area contributed by atoms with E-state index in [1.807, 2.05) is 0 Å². The Morgan fingerprint density at radius 1 is 1.25 bits per heavy atom. The van der Waals surface area contributed by atoms with Gasteiger partial charge in [0, 0.05) is 37.3 Å². The van der Waals surface area contributed by atoms with E-state index in [9.17, 15) is 26.4 Å². The zero-order chi connectivity index (χ0) is 31.3. The number of sulfone groups is 1. The van der Waals surface area contributed by atoms with Crippen LogP contribution < -0.4 is 20.7 Å². The van der Waals surface area contributed by atoms with E-state index < -0.39 is 15.3 Å². The van der Waals surface area contributed by atoms with Crippen molar-refractivity contribution in [1.29, 1.82) is 0 Å². The second kappa shape index (κ2) is 11.4. The molecule has 1 aliphatic carbocycles. The van der Waals surface area contributed by atoms with Crippen LogP contribution in [0.5, 0.6) is 5.75 Å². The van der Waals surface area contributed by atoms with E-state index in [2.05, 4.69) is 37.8 Å². The lowest BCUT2D eigenvalue weighted by Crippen LogP contribution is -2.56. The van der Waals surface area contributed by atoms with E-state index in [0.29, 0.717) is 34.3 Å². The molecule has 0 radical (unpaired) electrons. The second-order valence-electron chi connectivity index (χ2n) is 11.2. The highest BCUT2D eigenvalue weighted by Gasteiger charge is 2.58. The normalized spacial score (nSPS) is 22.7. The summed E-state index contributed by atoms with van der Waals surface area (Å²) in [7, 11) is 0.0928. The van der Waals surface area contributed by atoms with Crippen molar-refractivity contribution in [3.63, 3.8) is 0 Å². The Hall–Kier alpha value is -3.61. The molecule has 2 aromatic heterocycles. The van der Waals surface area contributed by atoms with Crippen LogP contribution in [0.3, 0.4) is 0 Å². The molecule has 15 heteroatoms. The van der Waals surface area contributed by atoms with Crippen LogP contribution in [0, 0.1) is 17.8 Å². The largest absolute Gasteiger partial charge is 0.495 e. The number of anilines is 2. The highest BCUT2D eigenvalue weighted by atomic mass is 32.2. The van der Waals surface area contributed by atoms with Crippen molar-refractivity contribution < 1.29 is 31.1 Å². The first-order valence-corrected chi connectivity index (χ1v) is 16.7. The summed E-state index contributed by atoms with van der Waals surface area (Å²) in [4.78, 5) is 14.1. The van der Waals surface area contributed by atoms with Crippen molar-refractivity contribution in [3.8, 4) is 17.6 Å². The first kappa shape index (κ1) is 30.4. The second-order valence-corrected chi connectivity index (χ2v) is 14.5. The number of hydrogen-bond acceptors (Lipinski definition) is 9.